The van der Waals surface area contributed by atoms with Gasteiger partial charge in [0.2, 0.25) is 21.8 Å². The minimum absolute atomic E-state index is 0.0912. The number of nitrogens with one attached hydrogen (secondary N) is 1. The summed E-state index contributed by atoms with van der Waals surface area (Å²) in [4.78, 5) is 27.6. The van der Waals surface area contributed by atoms with E-state index in [0.717, 1.165) is 35.8 Å². The molecule has 0 aliphatic heterocycles. The number of rotatable bonds is 13. The lowest BCUT2D eigenvalue weighted by molar-refractivity contribution is -0.140. The number of unbranched alkanes of at least 4 members (excludes halogenated alkanes) is 1. The SMILES string of the molecule is CCCCNC(=O)[C@H](C)N(Cc1ccccc1Cl)C(=O)CCCN(c1ccc(C)c(C)c1)S(C)(=O)=O. The van der Waals surface area contributed by atoms with E-state index in [0.29, 0.717) is 23.7 Å². The Kier molecular flexibility index (Phi) is 11.2. The number of sulfonamides is 1. The smallest absolute Gasteiger partial charge is 0.242 e. The molecule has 0 aromatic heterocycles. The Balaban J connectivity index is 2.17. The Morgan fingerprint density at radius 1 is 1.06 bits per heavy atom. The summed E-state index contributed by atoms with van der Waals surface area (Å²) >= 11 is 6.34. The van der Waals surface area contributed by atoms with Crippen LogP contribution in [0.4, 0.5) is 5.69 Å². The summed E-state index contributed by atoms with van der Waals surface area (Å²) in [6.07, 6.45) is 3.37. The first-order valence-corrected chi connectivity index (χ1v) is 14.5. The zero-order valence-corrected chi connectivity index (χ0v) is 23.5. The van der Waals surface area contributed by atoms with Gasteiger partial charge in [-0.3, -0.25) is 13.9 Å². The lowest BCUT2D eigenvalue weighted by atomic mass is 10.1. The molecule has 0 heterocycles. The molecule has 198 valence electrons. The van der Waals surface area contributed by atoms with Crippen LogP contribution >= 0.6 is 11.6 Å². The zero-order chi connectivity index (χ0) is 26.9. The number of nitrogens with zero attached hydrogens (tertiary/aromatic N) is 2. The van der Waals surface area contributed by atoms with Crippen LogP contribution in [0.2, 0.25) is 5.02 Å². The first kappa shape index (κ1) is 29.6. The predicted molar refractivity (Wildman–Crippen MR) is 147 cm³/mol. The number of hydrogen-bond acceptors (Lipinski definition) is 4. The van der Waals surface area contributed by atoms with Crippen molar-refractivity contribution < 1.29 is 18.0 Å². The molecule has 0 aliphatic rings. The molecule has 7 nitrogen and oxygen atoms in total. The van der Waals surface area contributed by atoms with Crippen LogP contribution < -0.4 is 9.62 Å². The van der Waals surface area contributed by atoms with Crippen molar-refractivity contribution in [2.45, 2.75) is 66.0 Å². The molecule has 1 atom stereocenters. The average Bonchev–Trinajstić information content (AvgIpc) is 2.82. The number of hydrogen-bond donors (Lipinski definition) is 1. The van der Waals surface area contributed by atoms with Crippen molar-refractivity contribution in [1.82, 2.24) is 10.2 Å². The van der Waals surface area contributed by atoms with Crippen molar-refractivity contribution in [1.29, 1.82) is 0 Å². The number of aryl methyl sites for hydroxylation is 2. The van der Waals surface area contributed by atoms with Crippen molar-refractivity contribution in [2.75, 3.05) is 23.7 Å². The van der Waals surface area contributed by atoms with Crippen LogP contribution in [0.5, 0.6) is 0 Å². The Morgan fingerprint density at radius 3 is 2.36 bits per heavy atom. The molecule has 2 amide bonds. The van der Waals surface area contributed by atoms with Gasteiger partial charge in [0.25, 0.3) is 0 Å². The number of amides is 2. The van der Waals surface area contributed by atoms with Crippen molar-refractivity contribution >= 4 is 39.1 Å². The largest absolute Gasteiger partial charge is 0.354 e. The Labute approximate surface area is 220 Å². The van der Waals surface area contributed by atoms with Crippen molar-refractivity contribution in [3.05, 3.63) is 64.2 Å². The summed E-state index contributed by atoms with van der Waals surface area (Å²) in [5, 5.41) is 3.41. The number of carbonyl (C=O) groups is 2. The predicted octanol–water partition coefficient (Wildman–Crippen LogP) is 4.84. The molecular weight excluding hydrogens is 498 g/mol. The highest BCUT2D eigenvalue weighted by atomic mass is 35.5. The van der Waals surface area contributed by atoms with E-state index in [-0.39, 0.29) is 31.3 Å². The van der Waals surface area contributed by atoms with Gasteiger partial charge in [-0.1, -0.05) is 49.2 Å². The molecule has 36 heavy (non-hydrogen) atoms. The lowest BCUT2D eigenvalue weighted by Crippen LogP contribution is -2.48. The first-order valence-electron chi connectivity index (χ1n) is 12.3. The van der Waals surface area contributed by atoms with E-state index in [2.05, 4.69) is 5.32 Å². The molecule has 2 aromatic carbocycles. The molecule has 0 fully saturated rings. The maximum absolute atomic E-state index is 13.3. The second-order valence-corrected chi connectivity index (χ2v) is 11.5. The summed E-state index contributed by atoms with van der Waals surface area (Å²) in [5.41, 5.74) is 3.38. The van der Waals surface area contributed by atoms with Gasteiger partial charge in [0.15, 0.2) is 0 Å². The molecule has 0 unspecified atom stereocenters. The summed E-state index contributed by atoms with van der Waals surface area (Å²) in [5.74, 6) is -0.460. The van der Waals surface area contributed by atoms with Crippen molar-refractivity contribution in [3.8, 4) is 0 Å². The third-order valence-corrected chi connectivity index (χ3v) is 7.79. The fraction of sp³-hybridized carbons (Fsp3) is 0.481. The second-order valence-electron chi connectivity index (χ2n) is 9.14. The van der Waals surface area contributed by atoms with Gasteiger partial charge in [-0.25, -0.2) is 8.42 Å². The van der Waals surface area contributed by atoms with Crippen molar-refractivity contribution in [3.63, 3.8) is 0 Å². The first-order chi connectivity index (χ1) is 17.0. The standard InChI is InChI=1S/C27H38ClN3O4S/c1-6-7-16-29-27(33)22(4)30(19-23-11-8-9-12-25(23)28)26(32)13-10-17-31(36(5,34)35)24-15-14-20(2)21(3)18-24/h8-9,11-12,14-15,18,22H,6-7,10,13,16-17,19H2,1-5H3,(H,29,33)/t22-/m0/s1. The summed E-state index contributed by atoms with van der Waals surface area (Å²) < 4.78 is 26.3. The summed E-state index contributed by atoms with van der Waals surface area (Å²) in [6.45, 7) is 8.54. The van der Waals surface area contributed by atoms with Crippen molar-refractivity contribution in [2.24, 2.45) is 0 Å². The van der Waals surface area contributed by atoms with E-state index < -0.39 is 16.1 Å². The molecule has 0 aliphatic carbocycles. The molecular formula is C27H38ClN3O4S. The van der Waals surface area contributed by atoms with Crippen LogP contribution in [0.1, 0.15) is 56.2 Å². The molecule has 0 bridgehead atoms. The molecule has 0 radical (unpaired) electrons. The van der Waals surface area contributed by atoms with E-state index in [1.807, 2.05) is 51.1 Å². The molecule has 0 saturated heterocycles. The normalized spacial score (nSPS) is 12.2. The second kappa shape index (κ2) is 13.7. The molecule has 0 saturated carbocycles. The summed E-state index contributed by atoms with van der Waals surface area (Å²) in [6, 6.07) is 12.0. The van der Waals surface area contributed by atoms with Crippen LogP contribution in [0.3, 0.4) is 0 Å². The third-order valence-electron chi connectivity index (χ3n) is 6.23. The number of benzene rings is 2. The molecule has 2 aromatic rings. The fourth-order valence-corrected chi connectivity index (χ4v) is 4.97. The highest BCUT2D eigenvalue weighted by Crippen LogP contribution is 2.23. The van der Waals surface area contributed by atoms with E-state index in [4.69, 9.17) is 11.6 Å². The van der Waals surface area contributed by atoms with Gasteiger partial charge in [0.1, 0.15) is 6.04 Å². The van der Waals surface area contributed by atoms with Crippen LogP contribution in [0, 0.1) is 13.8 Å². The average molecular weight is 536 g/mol. The molecule has 2 rings (SSSR count). The monoisotopic (exact) mass is 535 g/mol. The maximum atomic E-state index is 13.3. The minimum atomic E-state index is -3.54. The van der Waals surface area contributed by atoms with Gasteiger partial charge in [0.05, 0.1) is 11.9 Å². The quantitative estimate of drug-likeness (QED) is 0.372. The van der Waals surface area contributed by atoms with Crippen LogP contribution in [0.25, 0.3) is 0 Å². The van der Waals surface area contributed by atoms with Gasteiger partial charge >= 0.3 is 0 Å². The fourth-order valence-electron chi connectivity index (χ4n) is 3.81. The maximum Gasteiger partial charge on any atom is 0.242 e. The number of halogens is 1. The Bertz CT molecular complexity index is 1150. The van der Waals surface area contributed by atoms with Crippen LogP contribution in [-0.4, -0.2) is 50.5 Å². The zero-order valence-electron chi connectivity index (χ0n) is 21.9. The highest BCUT2D eigenvalue weighted by molar-refractivity contribution is 7.92. The number of carbonyl (C=O) groups excluding carboxylic acids is 2. The van der Waals surface area contributed by atoms with Crippen LogP contribution in [-0.2, 0) is 26.2 Å². The number of anilines is 1. The highest BCUT2D eigenvalue weighted by Gasteiger charge is 2.27. The van der Waals surface area contributed by atoms with Gasteiger partial charge < -0.3 is 10.2 Å². The van der Waals surface area contributed by atoms with Gasteiger partial charge in [0, 0.05) is 31.1 Å². The van der Waals surface area contributed by atoms with E-state index in [1.54, 1.807) is 19.1 Å². The van der Waals surface area contributed by atoms with Crippen LogP contribution in [0.15, 0.2) is 42.5 Å². The summed E-state index contributed by atoms with van der Waals surface area (Å²) in [7, 11) is -3.54. The van der Waals surface area contributed by atoms with E-state index >= 15 is 0 Å². The van der Waals surface area contributed by atoms with Gasteiger partial charge in [-0.05, 0) is 68.5 Å². The minimum Gasteiger partial charge on any atom is -0.354 e. The third kappa shape index (κ3) is 8.52. The lowest BCUT2D eigenvalue weighted by Gasteiger charge is -2.30. The van der Waals surface area contributed by atoms with E-state index in [9.17, 15) is 18.0 Å². The molecule has 0 spiro atoms. The van der Waals surface area contributed by atoms with Gasteiger partial charge in [-0.15, -0.1) is 0 Å². The topological polar surface area (TPSA) is 86.8 Å². The Morgan fingerprint density at radius 2 is 1.75 bits per heavy atom. The Hall–Kier alpha value is -2.58. The van der Waals surface area contributed by atoms with E-state index in [1.165, 1.54) is 9.21 Å². The van der Waals surface area contributed by atoms with Gasteiger partial charge in [-0.2, -0.15) is 0 Å². The molecule has 1 N–H and O–H groups in total. The molecule has 9 heteroatoms.